The minimum Gasteiger partial charge on any atom is -0.464 e. The van der Waals surface area contributed by atoms with E-state index in [0.29, 0.717) is 39.5 Å². The van der Waals surface area contributed by atoms with Gasteiger partial charge in [-0.1, -0.05) is 17.7 Å². The fourth-order valence-electron chi connectivity index (χ4n) is 3.13. The van der Waals surface area contributed by atoms with Crippen LogP contribution in [0.3, 0.4) is 0 Å². The van der Waals surface area contributed by atoms with Gasteiger partial charge in [-0.2, -0.15) is 0 Å². The maximum atomic E-state index is 14.0. The second-order valence-corrected chi connectivity index (χ2v) is 6.70. The highest BCUT2D eigenvalue weighted by molar-refractivity contribution is 6.31. The molecule has 0 atom stereocenters. The zero-order valence-corrected chi connectivity index (χ0v) is 16.9. The van der Waals surface area contributed by atoms with E-state index in [0.717, 1.165) is 0 Å². The summed E-state index contributed by atoms with van der Waals surface area (Å²) in [5, 5.41) is 6.65. The van der Waals surface area contributed by atoms with Crippen molar-refractivity contribution in [2.45, 2.75) is 26.9 Å². The molecule has 0 unspecified atom stereocenters. The third kappa shape index (κ3) is 4.02. The van der Waals surface area contributed by atoms with Gasteiger partial charge in [0.15, 0.2) is 5.69 Å². The summed E-state index contributed by atoms with van der Waals surface area (Å²) < 4.78 is 20.6. The zero-order valence-electron chi connectivity index (χ0n) is 16.2. The number of methoxy groups -OCH3 is 1. The molecule has 7 nitrogen and oxygen atoms in total. The van der Waals surface area contributed by atoms with Crippen LogP contribution in [0.2, 0.25) is 5.02 Å². The third-order valence-electron chi connectivity index (χ3n) is 4.43. The number of ether oxygens (including phenoxy) is 1. The molecular formula is C20H20ClFN4O3. The van der Waals surface area contributed by atoms with E-state index < -0.39 is 11.8 Å². The molecule has 29 heavy (non-hydrogen) atoms. The fraction of sp³-hybridized carbons (Fsp3) is 0.250. The zero-order chi connectivity index (χ0) is 21.1. The molecule has 152 valence electrons. The summed E-state index contributed by atoms with van der Waals surface area (Å²) in [5.41, 5.74) is 1.96. The van der Waals surface area contributed by atoms with E-state index in [1.807, 2.05) is 6.92 Å². The fourth-order valence-corrected chi connectivity index (χ4v) is 3.36. The lowest BCUT2D eigenvalue weighted by atomic mass is 10.2. The lowest BCUT2D eigenvalue weighted by Gasteiger charge is -2.09. The summed E-state index contributed by atoms with van der Waals surface area (Å²) in [6, 6.07) is 6.22. The van der Waals surface area contributed by atoms with E-state index in [4.69, 9.17) is 16.3 Å². The Morgan fingerprint density at radius 1 is 1.34 bits per heavy atom. The minimum atomic E-state index is -0.582. The number of halogens is 2. The Labute approximate surface area is 171 Å². The summed E-state index contributed by atoms with van der Waals surface area (Å²) in [4.78, 5) is 28.5. The van der Waals surface area contributed by atoms with E-state index in [-0.39, 0.29) is 18.1 Å². The van der Waals surface area contributed by atoms with Crippen LogP contribution in [0.15, 0.2) is 30.5 Å². The van der Waals surface area contributed by atoms with E-state index in [1.165, 1.54) is 26.2 Å². The van der Waals surface area contributed by atoms with Crippen molar-refractivity contribution in [1.82, 2.24) is 9.55 Å². The smallest absolute Gasteiger partial charge is 0.356 e. The number of anilines is 2. The minimum absolute atomic E-state index is 0.145. The quantitative estimate of drug-likeness (QED) is 0.586. The molecule has 1 aromatic carbocycles. The number of pyridine rings is 1. The van der Waals surface area contributed by atoms with E-state index in [2.05, 4.69) is 15.6 Å². The van der Waals surface area contributed by atoms with E-state index >= 15 is 0 Å². The first-order valence-corrected chi connectivity index (χ1v) is 9.30. The van der Waals surface area contributed by atoms with Crippen molar-refractivity contribution in [2.24, 2.45) is 0 Å². The van der Waals surface area contributed by atoms with Gasteiger partial charge in [-0.05, 0) is 25.1 Å². The molecule has 0 saturated carbocycles. The van der Waals surface area contributed by atoms with Crippen LogP contribution in [0.1, 0.15) is 29.9 Å². The number of nitrogens with zero attached hydrogens (tertiary/aromatic N) is 2. The number of carbonyl (C=O) groups is 2. The van der Waals surface area contributed by atoms with Crippen molar-refractivity contribution in [1.29, 1.82) is 0 Å². The average molecular weight is 419 g/mol. The molecule has 3 aromatic rings. The first kappa shape index (κ1) is 20.6. The first-order valence-electron chi connectivity index (χ1n) is 8.92. The van der Waals surface area contributed by atoms with Gasteiger partial charge in [0.05, 0.1) is 24.7 Å². The highest BCUT2D eigenvalue weighted by Crippen LogP contribution is 2.33. The first-order chi connectivity index (χ1) is 13.9. The predicted molar refractivity (Wildman–Crippen MR) is 110 cm³/mol. The maximum absolute atomic E-state index is 14.0. The van der Waals surface area contributed by atoms with Gasteiger partial charge < -0.3 is 19.9 Å². The van der Waals surface area contributed by atoms with Crippen molar-refractivity contribution in [2.75, 3.05) is 17.7 Å². The molecule has 0 aliphatic rings. The number of hydrogen-bond acceptors (Lipinski definition) is 5. The molecule has 0 fully saturated rings. The number of amides is 1. The Bertz CT molecular complexity index is 1080. The van der Waals surface area contributed by atoms with Crippen LogP contribution >= 0.6 is 11.6 Å². The number of aromatic nitrogens is 2. The van der Waals surface area contributed by atoms with Gasteiger partial charge in [-0.25, -0.2) is 14.2 Å². The van der Waals surface area contributed by atoms with Crippen LogP contribution in [0.5, 0.6) is 0 Å². The molecule has 2 N–H and O–H groups in total. The number of nitrogens with one attached hydrogen (secondary N) is 2. The molecule has 9 heteroatoms. The Balaban J connectivity index is 2.06. The van der Waals surface area contributed by atoms with Gasteiger partial charge in [-0.15, -0.1) is 0 Å². The van der Waals surface area contributed by atoms with Gasteiger partial charge in [-0.3, -0.25) is 4.79 Å². The van der Waals surface area contributed by atoms with Crippen LogP contribution in [-0.4, -0.2) is 28.5 Å². The summed E-state index contributed by atoms with van der Waals surface area (Å²) in [7, 11) is 1.27. The maximum Gasteiger partial charge on any atom is 0.356 e. The molecule has 0 saturated heterocycles. The van der Waals surface area contributed by atoms with Crippen LogP contribution in [0.4, 0.5) is 15.8 Å². The predicted octanol–water partition coefficient (Wildman–Crippen LogP) is 4.21. The molecule has 0 aliphatic carbocycles. The molecule has 1 amide bonds. The summed E-state index contributed by atoms with van der Waals surface area (Å²) >= 11 is 6.07. The highest BCUT2D eigenvalue weighted by Gasteiger charge is 2.24. The van der Waals surface area contributed by atoms with Crippen LogP contribution in [0, 0.1) is 5.82 Å². The molecule has 0 aliphatic heterocycles. The monoisotopic (exact) mass is 418 g/mol. The average Bonchev–Trinajstić information content (AvgIpc) is 2.99. The third-order valence-corrected chi connectivity index (χ3v) is 4.78. The van der Waals surface area contributed by atoms with Crippen LogP contribution < -0.4 is 10.6 Å². The van der Waals surface area contributed by atoms with Crippen LogP contribution in [-0.2, 0) is 22.6 Å². The second-order valence-electron chi connectivity index (χ2n) is 6.29. The summed E-state index contributed by atoms with van der Waals surface area (Å²) in [6.45, 7) is 3.81. The van der Waals surface area contributed by atoms with Crippen molar-refractivity contribution >= 4 is 45.9 Å². The summed E-state index contributed by atoms with van der Waals surface area (Å²) in [6.07, 6.45) is 1.57. The van der Waals surface area contributed by atoms with Crippen molar-refractivity contribution < 1.29 is 18.7 Å². The van der Waals surface area contributed by atoms with E-state index in [1.54, 1.807) is 22.9 Å². The lowest BCUT2D eigenvalue weighted by Crippen LogP contribution is -2.14. The van der Waals surface area contributed by atoms with Crippen molar-refractivity contribution in [3.8, 4) is 0 Å². The SMILES string of the molecule is CCn1c(C(=O)OC)c(NC(C)=O)c2cc(NCc3c(F)cccc3Cl)cnc21. The topological polar surface area (TPSA) is 85.2 Å². The highest BCUT2D eigenvalue weighted by atomic mass is 35.5. The normalized spacial score (nSPS) is 10.8. The largest absolute Gasteiger partial charge is 0.464 e. The lowest BCUT2D eigenvalue weighted by molar-refractivity contribution is -0.114. The number of hydrogen-bond donors (Lipinski definition) is 2. The number of esters is 1. The number of carbonyl (C=O) groups excluding carboxylic acids is 2. The molecule has 0 bridgehead atoms. The van der Waals surface area contributed by atoms with Crippen molar-refractivity contribution in [3.05, 3.63) is 52.6 Å². The summed E-state index contributed by atoms with van der Waals surface area (Å²) in [5.74, 6) is -1.33. The molecule has 2 heterocycles. The molecule has 3 rings (SSSR count). The van der Waals surface area contributed by atoms with Gasteiger partial charge in [0, 0.05) is 36.0 Å². The van der Waals surface area contributed by atoms with E-state index in [9.17, 15) is 14.0 Å². The number of fused-ring (bicyclic) bond motifs is 1. The number of aryl methyl sites for hydroxylation is 1. The number of benzene rings is 1. The van der Waals surface area contributed by atoms with Gasteiger partial charge in [0.1, 0.15) is 11.5 Å². The molecule has 2 aromatic heterocycles. The van der Waals surface area contributed by atoms with Gasteiger partial charge >= 0.3 is 5.97 Å². The Kier molecular flexibility index (Phi) is 6.03. The van der Waals surface area contributed by atoms with Crippen molar-refractivity contribution in [3.63, 3.8) is 0 Å². The van der Waals surface area contributed by atoms with Gasteiger partial charge in [0.25, 0.3) is 0 Å². The molecular weight excluding hydrogens is 399 g/mol. The Morgan fingerprint density at radius 2 is 2.10 bits per heavy atom. The Hall–Kier alpha value is -3.13. The number of rotatable bonds is 6. The van der Waals surface area contributed by atoms with Crippen LogP contribution in [0.25, 0.3) is 11.0 Å². The second kappa shape index (κ2) is 8.48. The molecule has 0 spiro atoms. The molecule has 0 radical (unpaired) electrons. The Morgan fingerprint density at radius 3 is 2.72 bits per heavy atom. The standard InChI is InChI=1S/C20H20ClFN4O3/c1-4-26-18(20(28)29-3)17(25-11(2)27)13-8-12(9-24-19(13)26)23-10-14-15(21)6-5-7-16(14)22/h5-9,23H,4,10H2,1-3H3,(H,25,27). The van der Waals surface area contributed by atoms with Gasteiger partial charge in [0.2, 0.25) is 5.91 Å².